The third kappa shape index (κ3) is 3.40. The number of hydrogen-bond donors (Lipinski definition) is 1. The van der Waals surface area contributed by atoms with E-state index in [-0.39, 0.29) is 11.8 Å². The molecule has 112 valence electrons. The van der Waals surface area contributed by atoms with Gasteiger partial charge in [-0.05, 0) is 41.3 Å². The van der Waals surface area contributed by atoms with Gasteiger partial charge in [-0.1, -0.05) is 24.6 Å². The van der Waals surface area contributed by atoms with Crippen molar-refractivity contribution in [3.8, 4) is 0 Å². The highest BCUT2D eigenvalue weighted by atomic mass is 79.9. The van der Waals surface area contributed by atoms with Crippen LogP contribution in [0.1, 0.15) is 32.2 Å². The van der Waals surface area contributed by atoms with E-state index in [0.717, 1.165) is 33.1 Å². The summed E-state index contributed by atoms with van der Waals surface area (Å²) in [4.78, 5) is 19.9. The predicted octanol–water partition coefficient (Wildman–Crippen LogP) is 3.73. The minimum atomic E-state index is -0.831. The average molecular weight is 370 g/mol. The first kappa shape index (κ1) is 14.8. The van der Waals surface area contributed by atoms with Gasteiger partial charge in [0, 0.05) is 16.7 Å². The number of imidazole rings is 1. The molecular formula is C14H16BrN3O2S. The molecule has 0 saturated heterocycles. The number of carboxylic acids is 1. The molecule has 0 spiro atoms. The first-order chi connectivity index (χ1) is 10.0. The van der Waals surface area contributed by atoms with Crippen LogP contribution in [-0.4, -0.2) is 31.4 Å². The van der Waals surface area contributed by atoms with Gasteiger partial charge in [-0.2, -0.15) is 0 Å². The number of pyridine rings is 1. The number of nitrogens with zero attached hydrogens (tertiary/aromatic N) is 3. The van der Waals surface area contributed by atoms with Crippen LogP contribution >= 0.6 is 27.7 Å². The number of rotatable bonds is 6. The number of hydrogen-bond acceptors (Lipinski definition) is 4. The van der Waals surface area contributed by atoms with E-state index in [1.54, 1.807) is 6.20 Å². The van der Waals surface area contributed by atoms with Gasteiger partial charge in [0.1, 0.15) is 5.52 Å². The summed E-state index contributed by atoms with van der Waals surface area (Å²) in [5.74, 6) is -0.0199. The van der Waals surface area contributed by atoms with Crippen molar-refractivity contribution < 1.29 is 9.90 Å². The van der Waals surface area contributed by atoms with E-state index in [9.17, 15) is 4.79 Å². The van der Waals surface area contributed by atoms with Gasteiger partial charge in [0.2, 0.25) is 0 Å². The monoisotopic (exact) mass is 369 g/mol. The minimum Gasteiger partial charge on any atom is -0.481 e. The lowest BCUT2D eigenvalue weighted by atomic mass is 10.1. The minimum absolute atomic E-state index is 0.0145. The normalized spacial score (nSPS) is 16.3. The Balaban J connectivity index is 1.98. The van der Waals surface area contributed by atoms with Crippen molar-refractivity contribution in [2.24, 2.45) is 5.92 Å². The van der Waals surface area contributed by atoms with Gasteiger partial charge in [-0.3, -0.25) is 4.79 Å². The molecule has 0 aromatic carbocycles. The van der Waals surface area contributed by atoms with Crippen molar-refractivity contribution in [3.63, 3.8) is 0 Å². The molecule has 1 N–H and O–H groups in total. The van der Waals surface area contributed by atoms with Crippen LogP contribution in [0, 0.1) is 5.92 Å². The van der Waals surface area contributed by atoms with Crippen molar-refractivity contribution in [1.29, 1.82) is 0 Å². The maximum absolute atomic E-state index is 10.8. The van der Waals surface area contributed by atoms with Crippen LogP contribution in [0.15, 0.2) is 21.9 Å². The van der Waals surface area contributed by atoms with Crippen LogP contribution < -0.4 is 0 Å². The second-order valence-electron chi connectivity index (χ2n) is 5.47. The fourth-order valence-corrected chi connectivity index (χ4v) is 3.64. The molecule has 1 aliphatic carbocycles. The number of aliphatic carboxylic acids is 1. The molecule has 0 amide bonds. The van der Waals surface area contributed by atoms with E-state index in [0.29, 0.717) is 0 Å². The van der Waals surface area contributed by atoms with Gasteiger partial charge < -0.3 is 9.67 Å². The van der Waals surface area contributed by atoms with Gasteiger partial charge in [0.15, 0.2) is 10.8 Å². The molecule has 0 bridgehead atoms. The zero-order valence-corrected chi connectivity index (χ0v) is 14.0. The quantitative estimate of drug-likeness (QED) is 0.785. The highest BCUT2D eigenvalue weighted by Gasteiger charge is 2.27. The van der Waals surface area contributed by atoms with Crippen molar-refractivity contribution in [1.82, 2.24) is 14.5 Å². The third-order valence-corrected chi connectivity index (χ3v) is 4.97. The molecule has 0 radical (unpaired) electrons. The Morgan fingerprint density at radius 2 is 2.38 bits per heavy atom. The summed E-state index contributed by atoms with van der Waals surface area (Å²) in [6.07, 6.45) is 5.46. The molecule has 1 saturated carbocycles. The predicted molar refractivity (Wildman–Crippen MR) is 85.6 cm³/mol. The van der Waals surface area contributed by atoms with E-state index in [1.165, 1.54) is 24.6 Å². The Morgan fingerprint density at radius 1 is 1.62 bits per heavy atom. The molecule has 1 aliphatic rings. The fourth-order valence-electron chi connectivity index (χ4n) is 2.50. The summed E-state index contributed by atoms with van der Waals surface area (Å²) >= 11 is 4.66. The van der Waals surface area contributed by atoms with Crippen LogP contribution in [0.5, 0.6) is 0 Å². The SMILES string of the molecule is CC(CC1CC1)n1c(SCC(=O)O)nc2cc(Br)cnc21. The number of aromatic nitrogens is 3. The Bertz CT molecular complexity index is 684. The van der Waals surface area contributed by atoms with Crippen molar-refractivity contribution in [2.45, 2.75) is 37.4 Å². The summed E-state index contributed by atoms with van der Waals surface area (Å²) in [5, 5.41) is 9.64. The summed E-state index contributed by atoms with van der Waals surface area (Å²) in [6, 6.07) is 2.21. The van der Waals surface area contributed by atoms with Gasteiger partial charge >= 0.3 is 5.97 Å². The van der Waals surface area contributed by atoms with Crippen LogP contribution in [0.25, 0.3) is 11.2 Å². The number of thioether (sulfide) groups is 1. The molecule has 1 fully saturated rings. The van der Waals surface area contributed by atoms with E-state index in [4.69, 9.17) is 5.11 Å². The fraction of sp³-hybridized carbons (Fsp3) is 0.500. The van der Waals surface area contributed by atoms with Crippen molar-refractivity contribution >= 4 is 44.8 Å². The Morgan fingerprint density at radius 3 is 3.05 bits per heavy atom. The lowest BCUT2D eigenvalue weighted by Crippen LogP contribution is -2.09. The molecule has 1 atom stereocenters. The highest BCUT2D eigenvalue weighted by Crippen LogP contribution is 2.39. The van der Waals surface area contributed by atoms with Crippen molar-refractivity contribution in [2.75, 3.05) is 5.75 Å². The molecule has 1 unspecified atom stereocenters. The van der Waals surface area contributed by atoms with Crippen LogP contribution in [0.2, 0.25) is 0 Å². The first-order valence-corrected chi connectivity index (χ1v) is 8.70. The molecule has 2 aromatic heterocycles. The maximum atomic E-state index is 10.8. The summed E-state index contributed by atoms with van der Waals surface area (Å²) in [6.45, 7) is 2.16. The Kier molecular flexibility index (Phi) is 4.21. The van der Waals surface area contributed by atoms with Gasteiger partial charge in [0.25, 0.3) is 0 Å². The smallest absolute Gasteiger partial charge is 0.313 e. The van der Waals surface area contributed by atoms with Crippen LogP contribution in [0.3, 0.4) is 0 Å². The molecule has 2 heterocycles. The molecule has 7 heteroatoms. The summed E-state index contributed by atoms with van der Waals surface area (Å²) in [5.41, 5.74) is 1.64. The third-order valence-electron chi connectivity index (χ3n) is 3.60. The Labute approximate surface area is 135 Å². The van der Waals surface area contributed by atoms with Crippen LogP contribution in [-0.2, 0) is 4.79 Å². The van der Waals surface area contributed by atoms with E-state index < -0.39 is 5.97 Å². The second kappa shape index (κ2) is 5.96. The number of fused-ring (bicyclic) bond motifs is 1. The lowest BCUT2D eigenvalue weighted by Gasteiger charge is -2.16. The molecule has 3 rings (SSSR count). The zero-order chi connectivity index (χ0) is 15.0. The largest absolute Gasteiger partial charge is 0.481 e. The number of carboxylic acid groups (broad SMARTS) is 1. The molecular weight excluding hydrogens is 354 g/mol. The van der Waals surface area contributed by atoms with Gasteiger partial charge in [-0.15, -0.1) is 0 Å². The molecule has 21 heavy (non-hydrogen) atoms. The lowest BCUT2D eigenvalue weighted by molar-refractivity contribution is -0.133. The van der Waals surface area contributed by atoms with Gasteiger partial charge in [0.05, 0.1) is 5.75 Å². The zero-order valence-electron chi connectivity index (χ0n) is 11.6. The molecule has 5 nitrogen and oxygen atoms in total. The topological polar surface area (TPSA) is 68.0 Å². The first-order valence-electron chi connectivity index (χ1n) is 6.92. The summed E-state index contributed by atoms with van der Waals surface area (Å²) < 4.78 is 2.97. The Hall–Kier alpha value is -1.08. The highest BCUT2D eigenvalue weighted by molar-refractivity contribution is 9.10. The van der Waals surface area contributed by atoms with E-state index in [1.807, 2.05) is 6.07 Å². The molecule has 2 aromatic rings. The second-order valence-corrected chi connectivity index (χ2v) is 7.33. The summed E-state index contributed by atoms with van der Waals surface area (Å²) in [7, 11) is 0. The van der Waals surface area contributed by atoms with E-state index >= 15 is 0 Å². The maximum Gasteiger partial charge on any atom is 0.313 e. The number of carbonyl (C=O) groups is 1. The van der Waals surface area contributed by atoms with E-state index in [2.05, 4.69) is 37.4 Å². The average Bonchev–Trinajstić information content (AvgIpc) is 3.15. The van der Waals surface area contributed by atoms with Crippen molar-refractivity contribution in [3.05, 3.63) is 16.7 Å². The van der Waals surface area contributed by atoms with Gasteiger partial charge in [-0.25, -0.2) is 9.97 Å². The van der Waals surface area contributed by atoms with Crippen LogP contribution in [0.4, 0.5) is 0 Å². The standard InChI is InChI=1S/C14H16BrN3O2S/c1-8(4-9-2-3-9)18-13-11(5-10(15)6-16-13)17-14(18)21-7-12(19)20/h5-6,8-9H,2-4,7H2,1H3,(H,19,20). The molecule has 0 aliphatic heterocycles. The number of halogens is 1.